The molecular formula is C29H18F4O. The van der Waals surface area contributed by atoms with Crippen molar-refractivity contribution in [2.24, 2.45) is 0 Å². The van der Waals surface area contributed by atoms with Gasteiger partial charge in [-0.05, 0) is 65.7 Å². The van der Waals surface area contributed by atoms with Gasteiger partial charge in [0.1, 0.15) is 29.0 Å². The third-order valence-electron chi connectivity index (χ3n) is 4.93. The summed E-state index contributed by atoms with van der Waals surface area (Å²) in [5.74, 6) is 8.13. The molecule has 168 valence electrons. The maximum Gasteiger partial charge on any atom is 0.143 e. The van der Waals surface area contributed by atoms with Crippen molar-refractivity contribution in [2.75, 3.05) is 6.61 Å². The number of hydrogen-bond donors (Lipinski definition) is 0. The Balaban J connectivity index is 1.57. The third-order valence-corrected chi connectivity index (χ3v) is 4.93. The summed E-state index contributed by atoms with van der Waals surface area (Å²) in [4.78, 5) is 0. The van der Waals surface area contributed by atoms with Crippen LogP contribution in [0.2, 0.25) is 0 Å². The Morgan fingerprint density at radius 3 is 2.09 bits per heavy atom. The molecule has 0 heterocycles. The summed E-state index contributed by atoms with van der Waals surface area (Å²) in [6.45, 7) is 2.41. The van der Waals surface area contributed by atoms with Gasteiger partial charge in [0, 0.05) is 17.2 Å². The molecule has 0 unspecified atom stereocenters. The SMILES string of the molecule is CCCOc1ccc(C#Cc2cc(F)c(C#Cc3ccc4cc(F)ccc4c3)c(F)c2)c(F)c1. The minimum Gasteiger partial charge on any atom is -0.494 e. The second kappa shape index (κ2) is 10.1. The number of ether oxygens (including phenoxy) is 1. The van der Waals surface area contributed by atoms with E-state index in [-0.39, 0.29) is 16.9 Å². The van der Waals surface area contributed by atoms with Gasteiger partial charge in [-0.2, -0.15) is 0 Å². The van der Waals surface area contributed by atoms with Gasteiger partial charge in [-0.25, -0.2) is 17.6 Å². The average Bonchev–Trinajstić information content (AvgIpc) is 2.81. The molecule has 0 N–H and O–H groups in total. The van der Waals surface area contributed by atoms with Gasteiger partial charge in [-0.15, -0.1) is 0 Å². The highest BCUT2D eigenvalue weighted by molar-refractivity contribution is 5.84. The fraction of sp³-hybridized carbons (Fsp3) is 0.103. The molecule has 5 heteroatoms. The first-order valence-corrected chi connectivity index (χ1v) is 10.6. The van der Waals surface area contributed by atoms with Crippen molar-refractivity contribution in [3.8, 4) is 29.4 Å². The molecule has 0 aliphatic heterocycles. The Morgan fingerprint density at radius 1 is 0.647 bits per heavy atom. The smallest absolute Gasteiger partial charge is 0.143 e. The van der Waals surface area contributed by atoms with Crippen LogP contribution in [0.3, 0.4) is 0 Å². The lowest BCUT2D eigenvalue weighted by Crippen LogP contribution is -1.96. The van der Waals surface area contributed by atoms with E-state index in [1.54, 1.807) is 30.3 Å². The Bertz CT molecular complexity index is 1480. The van der Waals surface area contributed by atoms with Gasteiger partial charge in [0.15, 0.2) is 0 Å². The minimum absolute atomic E-state index is 0.0546. The molecule has 0 fully saturated rings. The van der Waals surface area contributed by atoms with Crippen LogP contribution < -0.4 is 4.74 Å². The summed E-state index contributed by atoms with van der Waals surface area (Å²) in [7, 11) is 0. The third kappa shape index (κ3) is 5.39. The topological polar surface area (TPSA) is 9.23 Å². The molecule has 0 amide bonds. The molecule has 0 saturated heterocycles. The van der Waals surface area contributed by atoms with Gasteiger partial charge in [0.25, 0.3) is 0 Å². The number of fused-ring (bicyclic) bond motifs is 1. The number of halogens is 4. The zero-order valence-electron chi connectivity index (χ0n) is 18.2. The van der Waals surface area contributed by atoms with Crippen LogP contribution in [-0.2, 0) is 0 Å². The van der Waals surface area contributed by atoms with Crippen molar-refractivity contribution in [2.45, 2.75) is 13.3 Å². The van der Waals surface area contributed by atoms with Crippen molar-refractivity contribution in [1.29, 1.82) is 0 Å². The second-order valence-corrected chi connectivity index (χ2v) is 7.51. The van der Waals surface area contributed by atoms with Crippen LogP contribution in [0, 0.1) is 47.0 Å². The Hall–Kier alpha value is -4.22. The molecule has 0 spiro atoms. The second-order valence-electron chi connectivity index (χ2n) is 7.51. The number of benzene rings is 4. The van der Waals surface area contributed by atoms with E-state index in [0.717, 1.165) is 23.9 Å². The highest BCUT2D eigenvalue weighted by Crippen LogP contribution is 2.19. The standard InChI is InChI=1S/C29H18F4O/c1-2-13-34-25-11-9-21(27(31)18-25)6-4-20-15-28(32)26(29(33)16-20)12-5-19-3-7-23-17-24(30)10-8-22(23)14-19/h3,7-11,14-18H,2,13H2,1H3. The van der Waals surface area contributed by atoms with E-state index in [1.165, 1.54) is 24.3 Å². The molecule has 0 radical (unpaired) electrons. The van der Waals surface area contributed by atoms with Gasteiger partial charge in [0.05, 0.1) is 17.7 Å². The summed E-state index contributed by atoms with van der Waals surface area (Å²) in [6.07, 6.45) is 0.796. The van der Waals surface area contributed by atoms with E-state index in [9.17, 15) is 17.6 Å². The zero-order valence-corrected chi connectivity index (χ0v) is 18.2. The minimum atomic E-state index is -0.872. The van der Waals surface area contributed by atoms with Crippen molar-refractivity contribution in [3.63, 3.8) is 0 Å². The Labute approximate surface area is 195 Å². The first-order chi connectivity index (χ1) is 16.4. The normalized spacial score (nSPS) is 10.3. The average molecular weight is 458 g/mol. The van der Waals surface area contributed by atoms with Crippen LogP contribution in [0.25, 0.3) is 10.8 Å². The van der Waals surface area contributed by atoms with Crippen molar-refractivity contribution in [1.82, 2.24) is 0 Å². The molecule has 0 bridgehead atoms. The number of hydrogen-bond acceptors (Lipinski definition) is 1. The first kappa shape index (κ1) is 23.0. The lowest BCUT2D eigenvalue weighted by Gasteiger charge is -2.04. The fourth-order valence-corrected chi connectivity index (χ4v) is 3.24. The van der Waals surface area contributed by atoms with Crippen molar-refractivity contribution >= 4 is 10.8 Å². The molecule has 0 atom stereocenters. The molecule has 0 aliphatic rings. The van der Waals surface area contributed by atoms with Gasteiger partial charge in [-0.3, -0.25) is 0 Å². The maximum absolute atomic E-state index is 14.5. The first-order valence-electron chi connectivity index (χ1n) is 10.6. The zero-order chi connectivity index (χ0) is 24.1. The highest BCUT2D eigenvalue weighted by atomic mass is 19.1. The predicted molar refractivity (Wildman–Crippen MR) is 124 cm³/mol. The summed E-state index contributed by atoms with van der Waals surface area (Å²) in [5, 5.41) is 1.46. The monoisotopic (exact) mass is 458 g/mol. The van der Waals surface area contributed by atoms with Crippen molar-refractivity contribution < 1.29 is 22.3 Å². The molecule has 4 rings (SSSR count). The van der Waals surface area contributed by atoms with E-state index < -0.39 is 23.0 Å². The van der Waals surface area contributed by atoms with Crippen LogP contribution in [0.15, 0.2) is 66.7 Å². The molecule has 1 nitrogen and oxygen atoms in total. The van der Waals surface area contributed by atoms with E-state index in [4.69, 9.17) is 4.74 Å². The predicted octanol–water partition coefficient (Wildman–Crippen LogP) is 6.98. The molecule has 34 heavy (non-hydrogen) atoms. The van der Waals surface area contributed by atoms with E-state index in [2.05, 4.69) is 23.7 Å². The van der Waals surface area contributed by atoms with E-state index >= 15 is 0 Å². The van der Waals surface area contributed by atoms with E-state index in [0.29, 0.717) is 23.3 Å². The molecule has 4 aromatic rings. The van der Waals surface area contributed by atoms with Gasteiger partial charge < -0.3 is 4.74 Å². The van der Waals surface area contributed by atoms with Crippen LogP contribution in [0.5, 0.6) is 5.75 Å². The largest absolute Gasteiger partial charge is 0.494 e. The Morgan fingerprint density at radius 2 is 1.35 bits per heavy atom. The molecule has 0 saturated carbocycles. The summed E-state index contributed by atoms with van der Waals surface area (Å²) >= 11 is 0. The number of rotatable bonds is 3. The molecule has 0 aliphatic carbocycles. The maximum atomic E-state index is 14.5. The van der Waals surface area contributed by atoms with Crippen LogP contribution in [0.1, 0.15) is 35.6 Å². The Kier molecular flexibility index (Phi) is 6.85. The van der Waals surface area contributed by atoms with Crippen molar-refractivity contribution in [3.05, 3.63) is 112 Å². The van der Waals surface area contributed by atoms with Gasteiger partial charge in [-0.1, -0.05) is 42.7 Å². The molecular weight excluding hydrogens is 440 g/mol. The highest BCUT2D eigenvalue weighted by Gasteiger charge is 2.09. The fourth-order valence-electron chi connectivity index (χ4n) is 3.24. The van der Waals surface area contributed by atoms with Crippen LogP contribution in [0.4, 0.5) is 17.6 Å². The molecule has 4 aromatic carbocycles. The van der Waals surface area contributed by atoms with Crippen LogP contribution in [-0.4, -0.2) is 6.61 Å². The summed E-state index contributed by atoms with van der Waals surface area (Å²) in [6, 6.07) is 15.8. The summed E-state index contributed by atoms with van der Waals surface area (Å²) < 4.78 is 62.0. The molecule has 0 aromatic heterocycles. The summed E-state index contributed by atoms with van der Waals surface area (Å²) in [5.41, 5.74) is 0.278. The van der Waals surface area contributed by atoms with Gasteiger partial charge >= 0.3 is 0 Å². The quantitative estimate of drug-likeness (QED) is 0.238. The van der Waals surface area contributed by atoms with Gasteiger partial charge in [0.2, 0.25) is 0 Å². The van der Waals surface area contributed by atoms with Crippen LogP contribution >= 0.6 is 0 Å². The lowest BCUT2D eigenvalue weighted by atomic mass is 10.1. The van der Waals surface area contributed by atoms with E-state index in [1.807, 2.05) is 6.92 Å². The lowest BCUT2D eigenvalue weighted by molar-refractivity contribution is 0.315.